The van der Waals surface area contributed by atoms with Gasteiger partial charge >= 0.3 is 0 Å². The predicted octanol–water partition coefficient (Wildman–Crippen LogP) is 2.69. The lowest BCUT2D eigenvalue weighted by Crippen LogP contribution is -2.48. The van der Waals surface area contributed by atoms with E-state index in [0.29, 0.717) is 17.7 Å². The fraction of sp³-hybridized carbons (Fsp3) is 0.435. The van der Waals surface area contributed by atoms with Crippen molar-refractivity contribution in [2.24, 2.45) is 0 Å². The van der Waals surface area contributed by atoms with Crippen LogP contribution in [0.5, 0.6) is 0 Å². The SMILES string of the molecule is Cc1ccc(C(=O)NCC(c2ccc(N(C)C)cc2)N2CCN(C)CC2)cc1[N+](=O)[O-]. The van der Waals surface area contributed by atoms with Gasteiger partial charge in [-0.25, -0.2) is 0 Å². The fourth-order valence-corrected chi connectivity index (χ4v) is 3.82. The van der Waals surface area contributed by atoms with Crippen LogP contribution >= 0.6 is 0 Å². The second kappa shape index (κ2) is 9.89. The quantitative estimate of drug-likeness (QED) is 0.543. The molecule has 2 aromatic rings. The number of piperazine rings is 1. The number of aryl methyl sites for hydroxylation is 1. The van der Waals surface area contributed by atoms with Crippen LogP contribution in [0.1, 0.15) is 27.5 Å². The first kappa shape index (κ1) is 22.7. The summed E-state index contributed by atoms with van der Waals surface area (Å²) in [5, 5.41) is 14.2. The van der Waals surface area contributed by atoms with Crippen LogP contribution in [0.25, 0.3) is 0 Å². The summed E-state index contributed by atoms with van der Waals surface area (Å²) in [5.74, 6) is -0.299. The molecule has 0 radical (unpaired) electrons. The van der Waals surface area contributed by atoms with E-state index >= 15 is 0 Å². The third-order valence-electron chi connectivity index (χ3n) is 5.90. The zero-order valence-corrected chi connectivity index (χ0v) is 18.7. The van der Waals surface area contributed by atoms with Gasteiger partial charge in [0.2, 0.25) is 0 Å². The number of anilines is 1. The second-order valence-corrected chi connectivity index (χ2v) is 8.31. The van der Waals surface area contributed by atoms with E-state index in [1.165, 1.54) is 6.07 Å². The summed E-state index contributed by atoms with van der Waals surface area (Å²) in [6.45, 7) is 5.89. The largest absolute Gasteiger partial charge is 0.378 e. The maximum Gasteiger partial charge on any atom is 0.273 e. The minimum atomic E-state index is -0.453. The summed E-state index contributed by atoms with van der Waals surface area (Å²) >= 11 is 0. The van der Waals surface area contributed by atoms with Crippen LogP contribution in [0.2, 0.25) is 0 Å². The molecule has 0 aliphatic carbocycles. The lowest BCUT2D eigenvalue weighted by Gasteiger charge is -2.38. The Hall–Kier alpha value is -2.97. The summed E-state index contributed by atoms with van der Waals surface area (Å²) in [6.07, 6.45) is 0. The molecule has 0 aromatic heterocycles. The van der Waals surface area contributed by atoms with Gasteiger partial charge in [-0.3, -0.25) is 19.8 Å². The van der Waals surface area contributed by atoms with Crippen molar-refractivity contribution in [3.8, 4) is 0 Å². The summed E-state index contributed by atoms with van der Waals surface area (Å²) in [5.41, 5.74) is 3.07. The highest BCUT2D eigenvalue weighted by molar-refractivity contribution is 5.95. The number of likely N-dealkylation sites (N-methyl/N-ethyl adjacent to an activating group) is 1. The number of nitrogens with one attached hydrogen (secondary N) is 1. The number of amides is 1. The third-order valence-corrected chi connectivity index (χ3v) is 5.90. The van der Waals surface area contributed by atoms with E-state index in [-0.39, 0.29) is 17.6 Å². The Labute approximate surface area is 183 Å². The van der Waals surface area contributed by atoms with Crippen molar-refractivity contribution in [3.63, 3.8) is 0 Å². The summed E-state index contributed by atoms with van der Waals surface area (Å²) in [7, 11) is 6.13. The highest BCUT2D eigenvalue weighted by Crippen LogP contribution is 2.25. The second-order valence-electron chi connectivity index (χ2n) is 8.31. The minimum absolute atomic E-state index is 0.0364. The minimum Gasteiger partial charge on any atom is -0.378 e. The third kappa shape index (κ3) is 5.59. The number of nitrogens with zero attached hydrogens (tertiary/aromatic N) is 4. The molecule has 1 aliphatic rings. The van der Waals surface area contributed by atoms with Crippen LogP contribution in [0.15, 0.2) is 42.5 Å². The average Bonchev–Trinajstić information content (AvgIpc) is 2.75. The molecular weight excluding hydrogens is 394 g/mol. The maximum absolute atomic E-state index is 12.8. The molecule has 2 aromatic carbocycles. The van der Waals surface area contributed by atoms with Gasteiger partial charge in [0, 0.05) is 69.7 Å². The number of rotatable bonds is 7. The predicted molar refractivity (Wildman–Crippen MR) is 123 cm³/mol. The van der Waals surface area contributed by atoms with Crippen LogP contribution in [-0.4, -0.2) is 74.5 Å². The van der Waals surface area contributed by atoms with Crippen molar-refractivity contribution in [3.05, 3.63) is 69.3 Å². The Morgan fingerprint density at radius 1 is 1.13 bits per heavy atom. The number of nitro groups is 1. The molecule has 1 aliphatic heterocycles. The number of carbonyl (C=O) groups is 1. The molecule has 8 heteroatoms. The van der Waals surface area contributed by atoms with Crippen LogP contribution < -0.4 is 10.2 Å². The lowest BCUT2D eigenvalue weighted by atomic mass is 10.0. The van der Waals surface area contributed by atoms with Gasteiger partial charge in [-0.1, -0.05) is 18.2 Å². The summed E-state index contributed by atoms with van der Waals surface area (Å²) < 4.78 is 0. The van der Waals surface area contributed by atoms with Crippen molar-refractivity contribution < 1.29 is 9.72 Å². The molecular formula is C23H31N5O3. The van der Waals surface area contributed by atoms with E-state index in [1.807, 2.05) is 14.1 Å². The molecule has 0 saturated carbocycles. The number of carbonyl (C=O) groups excluding carboxylic acids is 1. The molecule has 0 bridgehead atoms. The van der Waals surface area contributed by atoms with Crippen molar-refractivity contribution in [1.82, 2.24) is 15.1 Å². The molecule has 8 nitrogen and oxygen atoms in total. The monoisotopic (exact) mass is 425 g/mol. The van der Waals surface area contributed by atoms with E-state index in [0.717, 1.165) is 37.4 Å². The lowest BCUT2D eigenvalue weighted by molar-refractivity contribution is -0.385. The molecule has 1 fully saturated rings. The molecule has 1 saturated heterocycles. The fourth-order valence-electron chi connectivity index (χ4n) is 3.82. The molecule has 1 N–H and O–H groups in total. The maximum atomic E-state index is 12.8. The molecule has 1 unspecified atom stereocenters. The molecule has 3 rings (SSSR count). The van der Waals surface area contributed by atoms with E-state index in [2.05, 4.69) is 51.3 Å². The van der Waals surface area contributed by atoms with Crippen LogP contribution in [0.3, 0.4) is 0 Å². The smallest absolute Gasteiger partial charge is 0.273 e. The average molecular weight is 426 g/mol. The first-order chi connectivity index (χ1) is 14.8. The Balaban J connectivity index is 1.77. The Morgan fingerprint density at radius 2 is 1.77 bits per heavy atom. The number of benzene rings is 2. The van der Waals surface area contributed by atoms with Gasteiger partial charge in [-0.05, 0) is 37.7 Å². The normalized spacial score (nSPS) is 16.0. The molecule has 31 heavy (non-hydrogen) atoms. The van der Waals surface area contributed by atoms with E-state index in [1.54, 1.807) is 19.1 Å². The van der Waals surface area contributed by atoms with Gasteiger partial charge < -0.3 is 15.1 Å². The van der Waals surface area contributed by atoms with Crippen LogP contribution in [0.4, 0.5) is 11.4 Å². The molecule has 166 valence electrons. The number of hydrogen-bond donors (Lipinski definition) is 1. The zero-order chi connectivity index (χ0) is 22.5. The van der Waals surface area contributed by atoms with Crippen molar-refractivity contribution in [2.75, 3.05) is 58.8 Å². The standard InChI is InChI=1S/C23H31N5O3/c1-17-5-6-19(15-21(17)28(30)31)23(29)24-16-22(27-13-11-26(4)12-14-27)18-7-9-20(10-8-18)25(2)3/h5-10,15,22H,11-14,16H2,1-4H3,(H,24,29). The Kier molecular flexibility index (Phi) is 7.25. The first-order valence-corrected chi connectivity index (χ1v) is 10.5. The molecule has 1 atom stereocenters. The van der Waals surface area contributed by atoms with Crippen molar-refractivity contribution >= 4 is 17.3 Å². The Morgan fingerprint density at radius 3 is 2.35 bits per heavy atom. The van der Waals surface area contributed by atoms with Gasteiger partial charge in [0.15, 0.2) is 0 Å². The van der Waals surface area contributed by atoms with Crippen molar-refractivity contribution in [2.45, 2.75) is 13.0 Å². The molecule has 1 heterocycles. The number of hydrogen-bond acceptors (Lipinski definition) is 6. The van der Waals surface area contributed by atoms with Crippen LogP contribution in [-0.2, 0) is 0 Å². The Bertz CT molecular complexity index is 921. The van der Waals surface area contributed by atoms with Gasteiger partial charge in [-0.15, -0.1) is 0 Å². The van der Waals surface area contributed by atoms with E-state index in [9.17, 15) is 14.9 Å². The van der Waals surface area contributed by atoms with Crippen molar-refractivity contribution in [1.29, 1.82) is 0 Å². The van der Waals surface area contributed by atoms with Crippen LogP contribution in [0, 0.1) is 17.0 Å². The summed E-state index contributed by atoms with van der Waals surface area (Å²) in [4.78, 5) is 30.3. The topological polar surface area (TPSA) is 82.0 Å². The van der Waals surface area contributed by atoms with Gasteiger partial charge in [0.05, 0.1) is 11.0 Å². The highest BCUT2D eigenvalue weighted by Gasteiger charge is 2.25. The molecule has 1 amide bonds. The molecule has 0 spiro atoms. The van der Waals surface area contributed by atoms with Gasteiger partial charge in [0.25, 0.3) is 11.6 Å². The highest BCUT2D eigenvalue weighted by atomic mass is 16.6. The van der Waals surface area contributed by atoms with E-state index in [4.69, 9.17) is 0 Å². The zero-order valence-electron chi connectivity index (χ0n) is 18.7. The van der Waals surface area contributed by atoms with E-state index < -0.39 is 4.92 Å². The first-order valence-electron chi connectivity index (χ1n) is 10.5. The van der Waals surface area contributed by atoms with Gasteiger partial charge in [0.1, 0.15) is 0 Å². The summed E-state index contributed by atoms with van der Waals surface area (Å²) in [6, 6.07) is 13.0. The number of nitro benzene ring substituents is 1. The van der Waals surface area contributed by atoms with Gasteiger partial charge in [-0.2, -0.15) is 0 Å².